The van der Waals surface area contributed by atoms with Crippen molar-refractivity contribution in [3.05, 3.63) is 47.5 Å². The van der Waals surface area contributed by atoms with Gasteiger partial charge in [0.05, 0.1) is 0 Å². The fourth-order valence-electron chi connectivity index (χ4n) is 2.93. The second-order valence-corrected chi connectivity index (χ2v) is 4.80. The van der Waals surface area contributed by atoms with Gasteiger partial charge in [0.15, 0.2) is 0 Å². The van der Waals surface area contributed by atoms with Crippen molar-refractivity contribution in [1.82, 2.24) is 0 Å². The highest BCUT2D eigenvalue weighted by atomic mass is 16.4. The number of hydrogen-bond donors (Lipinski definition) is 1. The lowest BCUT2D eigenvalue weighted by molar-refractivity contribution is -0.138. The van der Waals surface area contributed by atoms with Crippen LogP contribution in [-0.4, -0.2) is 11.1 Å². The topological polar surface area (TPSA) is 37.3 Å². The summed E-state index contributed by atoms with van der Waals surface area (Å²) in [5.74, 6) is -0.449. The van der Waals surface area contributed by atoms with E-state index in [1.54, 1.807) is 0 Å². The first kappa shape index (κ1) is 10.3. The summed E-state index contributed by atoms with van der Waals surface area (Å²) in [5, 5.41) is 11.5. The molecule has 1 aliphatic carbocycles. The third-order valence-corrected chi connectivity index (χ3v) is 3.56. The van der Waals surface area contributed by atoms with E-state index in [2.05, 4.69) is 36.4 Å². The predicted molar refractivity (Wildman–Crippen MR) is 67.1 cm³/mol. The van der Waals surface area contributed by atoms with Crippen molar-refractivity contribution in [2.45, 2.75) is 19.3 Å². The molecule has 0 saturated carbocycles. The summed E-state index contributed by atoms with van der Waals surface area (Å²) in [6.07, 6.45) is 2.05. The van der Waals surface area contributed by atoms with Crippen LogP contribution in [0, 0.1) is 5.92 Å². The minimum absolute atomic E-state index is 0.244. The van der Waals surface area contributed by atoms with Gasteiger partial charge in [0.25, 0.3) is 0 Å². The molecule has 0 amide bonds. The van der Waals surface area contributed by atoms with E-state index >= 15 is 0 Å². The van der Waals surface area contributed by atoms with E-state index in [4.69, 9.17) is 5.11 Å². The van der Waals surface area contributed by atoms with Crippen LogP contribution < -0.4 is 0 Å². The second kappa shape index (κ2) is 3.88. The van der Waals surface area contributed by atoms with Crippen LogP contribution >= 0.6 is 0 Å². The summed E-state index contributed by atoms with van der Waals surface area (Å²) in [6, 6.07) is 12.6. The molecule has 1 aliphatic rings. The number of aliphatic carboxylic acids is 1. The number of rotatable bonds is 2. The lowest BCUT2D eigenvalue weighted by Gasteiger charge is -2.24. The Morgan fingerprint density at radius 2 is 1.71 bits per heavy atom. The van der Waals surface area contributed by atoms with Gasteiger partial charge in [0, 0.05) is 6.42 Å². The summed E-state index contributed by atoms with van der Waals surface area (Å²) in [6.45, 7) is 0. The van der Waals surface area contributed by atoms with Gasteiger partial charge in [-0.1, -0.05) is 36.4 Å². The van der Waals surface area contributed by atoms with Gasteiger partial charge in [0.1, 0.15) is 0 Å². The lowest BCUT2D eigenvalue weighted by Crippen LogP contribution is -2.17. The molecule has 0 aromatic heterocycles. The molecule has 17 heavy (non-hydrogen) atoms. The molecule has 2 nitrogen and oxygen atoms in total. The molecular formula is C15H14O2. The van der Waals surface area contributed by atoms with Gasteiger partial charge in [-0.25, -0.2) is 0 Å². The molecule has 0 bridgehead atoms. The Balaban J connectivity index is 2.07. The first-order chi connectivity index (χ1) is 8.24. The van der Waals surface area contributed by atoms with Crippen molar-refractivity contribution in [3.63, 3.8) is 0 Å². The molecule has 2 aromatic carbocycles. The molecule has 0 radical (unpaired) electrons. The number of carboxylic acid groups (broad SMARTS) is 1. The number of carbonyl (C=O) groups is 1. The van der Waals surface area contributed by atoms with Crippen LogP contribution in [0.2, 0.25) is 0 Å². The molecule has 0 fully saturated rings. The van der Waals surface area contributed by atoms with Gasteiger partial charge < -0.3 is 5.11 Å². The lowest BCUT2D eigenvalue weighted by atomic mass is 9.80. The van der Waals surface area contributed by atoms with E-state index in [1.165, 1.54) is 21.9 Å². The monoisotopic (exact) mass is 226 g/mol. The summed E-state index contributed by atoms with van der Waals surface area (Å²) in [7, 11) is 0. The van der Waals surface area contributed by atoms with Crippen molar-refractivity contribution < 1.29 is 9.90 Å². The Morgan fingerprint density at radius 3 is 2.24 bits per heavy atom. The first-order valence-electron chi connectivity index (χ1n) is 5.95. The maximum Gasteiger partial charge on any atom is 0.303 e. The summed E-state index contributed by atoms with van der Waals surface area (Å²) >= 11 is 0. The van der Waals surface area contributed by atoms with Gasteiger partial charge >= 0.3 is 5.97 Å². The first-order valence-corrected chi connectivity index (χ1v) is 5.95. The van der Waals surface area contributed by atoms with Crippen LogP contribution in [0.25, 0.3) is 10.8 Å². The molecular weight excluding hydrogens is 212 g/mol. The SMILES string of the molecule is O=C(O)CC1Cc2cccc3cccc(c23)C1. The molecule has 0 spiro atoms. The van der Waals surface area contributed by atoms with Gasteiger partial charge in [-0.2, -0.15) is 0 Å². The molecule has 86 valence electrons. The highest BCUT2D eigenvalue weighted by molar-refractivity contribution is 5.89. The Kier molecular flexibility index (Phi) is 2.36. The van der Waals surface area contributed by atoms with Gasteiger partial charge in [-0.15, -0.1) is 0 Å². The zero-order valence-electron chi connectivity index (χ0n) is 9.52. The van der Waals surface area contributed by atoms with Crippen LogP contribution in [0.4, 0.5) is 0 Å². The quantitative estimate of drug-likeness (QED) is 0.854. The largest absolute Gasteiger partial charge is 0.481 e. The van der Waals surface area contributed by atoms with E-state index in [0.717, 1.165) is 12.8 Å². The van der Waals surface area contributed by atoms with Gasteiger partial charge in [-0.05, 0) is 40.7 Å². The van der Waals surface area contributed by atoms with Crippen LogP contribution in [0.3, 0.4) is 0 Å². The highest BCUT2D eigenvalue weighted by Gasteiger charge is 2.22. The molecule has 0 saturated heterocycles. The molecule has 0 atom stereocenters. The second-order valence-electron chi connectivity index (χ2n) is 4.80. The standard InChI is InChI=1S/C15H14O2/c16-14(17)9-10-7-12-5-1-3-11-4-2-6-13(8-10)15(11)12/h1-6,10H,7-9H2,(H,16,17). The molecule has 1 N–H and O–H groups in total. The predicted octanol–water partition coefficient (Wildman–Crippen LogP) is 3.03. The van der Waals surface area contributed by atoms with E-state index in [9.17, 15) is 4.79 Å². The van der Waals surface area contributed by atoms with Crippen molar-refractivity contribution in [2.75, 3.05) is 0 Å². The van der Waals surface area contributed by atoms with Crippen LogP contribution in [0.15, 0.2) is 36.4 Å². The maximum absolute atomic E-state index is 10.8. The van der Waals surface area contributed by atoms with Gasteiger partial charge in [0.2, 0.25) is 0 Å². The Bertz CT molecular complexity index is 546. The van der Waals surface area contributed by atoms with Crippen molar-refractivity contribution in [2.24, 2.45) is 5.92 Å². The molecule has 2 aromatic rings. The number of hydrogen-bond acceptors (Lipinski definition) is 1. The third-order valence-electron chi connectivity index (χ3n) is 3.56. The van der Waals surface area contributed by atoms with Gasteiger partial charge in [-0.3, -0.25) is 4.79 Å². The maximum atomic E-state index is 10.8. The van der Waals surface area contributed by atoms with Crippen molar-refractivity contribution >= 4 is 16.7 Å². The average molecular weight is 226 g/mol. The molecule has 0 heterocycles. The Labute approximate surface area is 99.9 Å². The zero-order chi connectivity index (χ0) is 11.8. The van der Waals surface area contributed by atoms with Crippen LogP contribution in [0.5, 0.6) is 0 Å². The average Bonchev–Trinajstić information content (AvgIpc) is 2.28. The van der Waals surface area contributed by atoms with Crippen molar-refractivity contribution in [1.29, 1.82) is 0 Å². The molecule has 3 rings (SSSR count). The normalized spacial score (nSPS) is 15.1. The fraction of sp³-hybridized carbons (Fsp3) is 0.267. The van der Waals surface area contributed by atoms with E-state index < -0.39 is 5.97 Å². The minimum Gasteiger partial charge on any atom is -0.481 e. The molecule has 2 heteroatoms. The smallest absolute Gasteiger partial charge is 0.303 e. The summed E-state index contributed by atoms with van der Waals surface area (Å²) in [5.41, 5.74) is 2.60. The Hall–Kier alpha value is -1.83. The number of benzene rings is 2. The molecule has 0 aliphatic heterocycles. The highest BCUT2D eigenvalue weighted by Crippen LogP contribution is 2.33. The van der Waals surface area contributed by atoms with Crippen LogP contribution in [0.1, 0.15) is 17.5 Å². The summed E-state index contributed by atoms with van der Waals surface area (Å²) < 4.78 is 0. The van der Waals surface area contributed by atoms with E-state index in [-0.39, 0.29) is 12.3 Å². The Morgan fingerprint density at radius 1 is 1.12 bits per heavy atom. The van der Waals surface area contributed by atoms with Crippen molar-refractivity contribution in [3.8, 4) is 0 Å². The van der Waals surface area contributed by atoms with Crippen LogP contribution in [-0.2, 0) is 17.6 Å². The minimum atomic E-state index is -0.693. The van der Waals surface area contributed by atoms with E-state index in [0.29, 0.717) is 0 Å². The summed E-state index contributed by atoms with van der Waals surface area (Å²) in [4.78, 5) is 10.8. The van der Waals surface area contributed by atoms with E-state index in [1.807, 2.05) is 0 Å². The molecule has 0 unspecified atom stereocenters. The number of carboxylic acids is 1. The third kappa shape index (κ3) is 1.80. The fourth-order valence-corrected chi connectivity index (χ4v) is 2.93. The zero-order valence-corrected chi connectivity index (χ0v) is 9.52.